The Morgan fingerprint density at radius 1 is 1.19 bits per heavy atom. The Kier molecular flexibility index (Phi) is 5.17. The molecule has 0 amide bonds. The monoisotopic (exact) mass is 305 g/mol. The number of fused-ring (bicyclic) bond motifs is 1. The van der Waals surface area contributed by atoms with Crippen molar-refractivity contribution in [2.24, 2.45) is 0 Å². The van der Waals surface area contributed by atoms with Crippen LogP contribution in [0.5, 0.6) is 0 Å². The van der Waals surface area contributed by atoms with Gasteiger partial charge in [-0.2, -0.15) is 0 Å². The maximum atomic E-state index is 10.9. The summed E-state index contributed by atoms with van der Waals surface area (Å²) >= 11 is 1.57. The second-order valence-electron chi connectivity index (χ2n) is 4.65. The summed E-state index contributed by atoms with van der Waals surface area (Å²) in [5.74, 6) is -1.67. The summed E-state index contributed by atoms with van der Waals surface area (Å²) in [6, 6.07) is 15.5. The maximum absolute atomic E-state index is 10.9. The van der Waals surface area contributed by atoms with E-state index in [0.29, 0.717) is 0 Å². The normalized spacial score (nSPS) is 11.9. The summed E-state index contributed by atoms with van der Waals surface area (Å²) in [4.78, 5) is 15.5. The summed E-state index contributed by atoms with van der Waals surface area (Å²) in [6.45, 7) is 1.63. The van der Waals surface area contributed by atoms with Crippen LogP contribution < -0.4 is 34.7 Å². The molecule has 0 saturated heterocycles. The number of aliphatic carboxylic acids is 1. The fourth-order valence-electron chi connectivity index (χ4n) is 2.05. The SMILES string of the molecule is CC(C(=O)[O-])c1ccc2nc(-c3ccccc3)sc2c1.[Na+]. The Morgan fingerprint density at radius 2 is 1.90 bits per heavy atom. The Morgan fingerprint density at radius 3 is 2.57 bits per heavy atom. The van der Waals surface area contributed by atoms with Gasteiger partial charge in [0, 0.05) is 17.5 Å². The fraction of sp³-hybridized carbons (Fsp3) is 0.125. The Labute approximate surface area is 148 Å². The van der Waals surface area contributed by atoms with E-state index < -0.39 is 11.9 Å². The van der Waals surface area contributed by atoms with Gasteiger partial charge in [0.15, 0.2) is 0 Å². The molecule has 1 heterocycles. The molecule has 3 nitrogen and oxygen atoms in total. The van der Waals surface area contributed by atoms with Crippen LogP contribution in [0, 0.1) is 0 Å². The molecule has 0 saturated carbocycles. The average molecular weight is 305 g/mol. The molecule has 0 fully saturated rings. The first-order valence-electron chi connectivity index (χ1n) is 6.32. The minimum atomic E-state index is -1.06. The zero-order valence-electron chi connectivity index (χ0n) is 11.9. The third-order valence-electron chi connectivity index (χ3n) is 3.29. The first-order valence-corrected chi connectivity index (χ1v) is 7.13. The van der Waals surface area contributed by atoms with Crippen LogP contribution >= 0.6 is 11.3 Å². The van der Waals surface area contributed by atoms with E-state index in [2.05, 4.69) is 4.98 Å². The molecule has 2 aromatic carbocycles. The van der Waals surface area contributed by atoms with Gasteiger partial charge in [0.1, 0.15) is 5.01 Å². The quantitative estimate of drug-likeness (QED) is 0.631. The number of carbonyl (C=O) groups excluding carboxylic acids is 1. The minimum absolute atomic E-state index is 0. The molecule has 3 rings (SSSR count). The number of hydrogen-bond acceptors (Lipinski definition) is 4. The van der Waals surface area contributed by atoms with Crippen LogP contribution in [0.3, 0.4) is 0 Å². The number of carboxylic acid groups (broad SMARTS) is 1. The zero-order chi connectivity index (χ0) is 14.1. The van der Waals surface area contributed by atoms with Crippen molar-refractivity contribution in [1.82, 2.24) is 4.98 Å². The van der Waals surface area contributed by atoms with Crippen LogP contribution in [0.1, 0.15) is 18.4 Å². The van der Waals surface area contributed by atoms with E-state index in [1.165, 1.54) is 0 Å². The van der Waals surface area contributed by atoms with Gasteiger partial charge in [0.2, 0.25) is 0 Å². The third-order valence-corrected chi connectivity index (χ3v) is 4.35. The predicted octanol–water partition coefficient (Wildman–Crippen LogP) is -0.179. The molecule has 3 aromatic rings. The van der Waals surface area contributed by atoms with E-state index >= 15 is 0 Å². The van der Waals surface area contributed by atoms with E-state index in [1.54, 1.807) is 24.3 Å². The van der Waals surface area contributed by atoms with E-state index in [4.69, 9.17) is 0 Å². The van der Waals surface area contributed by atoms with E-state index in [0.717, 1.165) is 26.4 Å². The van der Waals surface area contributed by atoms with E-state index in [-0.39, 0.29) is 29.6 Å². The molecule has 0 aliphatic rings. The molecule has 0 aliphatic heterocycles. The molecule has 100 valence electrons. The molecule has 1 unspecified atom stereocenters. The Balaban J connectivity index is 0.00000161. The standard InChI is InChI=1S/C16H13NO2S.Na/c1-10(16(18)19)12-7-8-13-14(9-12)20-15(17-13)11-5-3-2-4-6-11;/h2-10H,1H3,(H,18,19);/q;+1/p-1. The largest absolute Gasteiger partial charge is 1.00 e. The van der Waals surface area contributed by atoms with Gasteiger partial charge in [-0.25, -0.2) is 4.98 Å². The van der Waals surface area contributed by atoms with Crippen molar-refractivity contribution >= 4 is 27.5 Å². The Hall–Kier alpha value is -1.20. The molecule has 1 aromatic heterocycles. The van der Waals surface area contributed by atoms with Crippen molar-refractivity contribution in [3.05, 3.63) is 54.1 Å². The molecule has 0 N–H and O–H groups in total. The second-order valence-corrected chi connectivity index (χ2v) is 5.68. The number of carbonyl (C=O) groups is 1. The van der Waals surface area contributed by atoms with Crippen molar-refractivity contribution in [1.29, 1.82) is 0 Å². The van der Waals surface area contributed by atoms with Crippen molar-refractivity contribution in [3.8, 4) is 10.6 Å². The third kappa shape index (κ3) is 3.35. The van der Waals surface area contributed by atoms with Crippen molar-refractivity contribution < 1.29 is 39.5 Å². The first-order chi connectivity index (χ1) is 9.65. The molecular formula is C16H12NNaO2S. The van der Waals surface area contributed by atoms with Crippen LogP contribution in [0.2, 0.25) is 0 Å². The van der Waals surface area contributed by atoms with Gasteiger partial charge in [0.05, 0.1) is 10.2 Å². The van der Waals surface area contributed by atoms with Crippen molar-refractivity contribution in [3.63, 3.8) is 0 Å². The topological polar surface area (TPSA) is 53.0 Å². The van der Waals surface area contributed by atoms with Gasteiger partial charge in [0.25, 0.3) is 0 Å². The van der Waals surface area contributed by atoms with Gasteiger partial charge >= 0.3 is 29.6 Å². The Bertz CT molecular complexity index is 770. The minimum Gasteiger partial charge on any atom is -0.550 e. The van der Waals surface area contributed by atoms with Crippen LogP contribution in [-0.2, 0) is 4.79 Å². The van der Waals surface area contributed by atoms with Crippen LogP contribution in [-0.4, -0.2) is 11.0 Å². The van der Waals surface area contributed by atoms with Crippen molar-refractivity contribution in [2.75, 3.05) is 0 Å². The summed E-state index contributed by atoms with van der Waals surface area (Å²) in [6.07, 6.45) is 0. The second kappa shape index (κ2) is 6.71. The summed E-state index contributed by atoms with van der Waals surface area (Å²) in [7, 11) is 0. The van der Waals surface area contributed by atoms with Gasteiger partial charge < -0.3 is 9.90 Å². The van der Waals surface area contributed by atoms with Gasteiger partial charge in [-0.05, 0) is 17.7 Å². The van der Waals surface area contributed by atoms with Crippen molar-refractivity contribution in [2.45, 2.75) is 12.8 Å². The molecule has 0 bridgehead atoms. The van der Waals surface area contributed by atoms with Gasteiger partial charge in [-0.15, -0.1) is 11.3 Å². The fourth-order valence-corrected chi connectivity index (χ4v) is 3.07. The number of nitrogens with zero attached hydrogens (tertiary/aromatic N) is 1. The van der Waals surface area contributed by atoms with Crippen LogP contribution in [0.15, 0.2) is 48.5 Å². The molecule has 5 heteroatoms. The first kappa shape index (κ1) is 16.2. The number of thiazole rings is 1. The van der Waals surface area contributed by atoms with E-state index in [9.17, 15) is 9.90 Å². The molecular weight excluding hydrogens is 293 g/mol. The molecule has 0 aliphatic carbocycles. The van der Waals surface area contributed by atoms with Crippen LogP contribution in [0.4, 0.5) is 0 Å². The average Bonchev–Trinajstić information content (AvgIpc) is 2.90. The smallest absolute Gasteiger partial charge is 0.550 e. The number of hydrogen-bond donors (Lipinski definition) is 0. The summed E-state index contributed by atoms with van der Waals surface area (Å²) in [5, 5.41) is 11.9. The summed E-state index contributed by atoms with van der Waals surface area (Å²) in [5.41, 5.74) is 2.71. The number of rotatable bonds is 3. The van der Waals surface area contributed by atoms with E-state index in [1.807, 2.05) is 42.5 Å². The zero-order valence-corrected chi connectivity index (χ0v) is 14.7. The molecule has 0 spiro atoms. The molecule has 0 radical (unpaired) electrons. The maximum Gasteiger partial charge on any atom is 1.00 e. The van der Waals surface area contributed by atoms with Gasteiger partial charge in [-0.3, -0.25) is 0 Å². The molecule has 1 atom stereocenters. The van der Waals surface area contributed by atoms with Crippen LogP contribution in [0.25, 0.3) is 20.8 Å². The number of aromatic nitrogens is 1. The summed E-state index contributed by atoms with van der Waals surface area (Å²) < 4.78 is 0.995. The number of benzene rings is 2. The molecule has 21 heavy (non-hydrogen) atoms. The van der Waals surface area contributed by atoms with Gasteiger partial charge in [-0.1, -0.05) is 43.3 Å². The predicted molar refractivity (Wildman–Crippen MR) is 78.5 cm³/mol. The number of carboxylic acids is 1.